The minimum atomic E-state index is -0.237. The lowest BCUT2D eigenvalue weighted by atomic mass is 10.00. The lowest BCUT2D eigenvalue weighted by molar-refractivity contribution is -0.116. The van der Waals surface area contributed by atoms with Crippen LogP contribution in [-0.4, -0.2) is 10.9 Å². The number of anilines is 2. The maximum Gasteiger partial charge on any atom is 0.231 e. The van der Waals surface area contributed by atoms with Crippen LogP contribution in [0.25, 0.3) is 11.3 Å². The molecule has 0 unspecified atom stereocenters. The fraction of sp³-hybridized carbons (Fsp3) is 0.158. The first-order chi connectivity index (χ1) is 12.1. The standard InChI is InChI=1S/C19H16FN3OS/c1-11-15-8-13(4-7-16(15)22-18(11)24)17-10-25-19(23-17)21-9-12-2-5-14(20)6-3-12/h2-8,10-11H,9H2,1H3,(H,21,23)(H,22,24)/t11-/m0/s1. The predicted octanol–water partition coefficient (Wildman–Crippen LogP) is 4.62. The van der Waals surface area contributed by atoms with Gasteiger partial charge in [-0.3, -0.25) is 4.79 Å². The number of aromatic nitrogens is 1. The number of hydrogen-bond donors (Lipinski definition) is 2. The Kier molecular flexibility index (Phi) is 3.97. The van der Waals surface area contributed by atoms with Gasteiger partial charge in [0.05, 0.1) is 11.6 Å². The van der Waals surface area contributed by atoms with Gasteiger partial charge < -0.3 is 10.6 Å². The number of halogens is 1. The monoisotopic (exact) mass is 353 g/mol. The molecule has 0 saturated heterocycles. The highest BCUT2D eigenvalue weighted by atomic mass is 32.1. The molecular weight excluding hydrogens is 337 g/mol. The van der Waals surface area contributed by atoms with Gasteiger partial charge in [0.25, 0.3) is 0 Å². The Morgan fingerprint density at radius 1 is 1.24 bits per heavy atom. The molecule has 1 aromatic heterocycles. The largest absolute Gasteiger partial charge is 0.357 e. The summed E-state index contributed by atoms with van der Waals surface area (Å²) in [4.78, 5) is 16.4. The van der Waals surface area contributed by atoms with Gasteiger partial charge in [0.15, 0.2) is 5.13 Å². The second-order valence-corrected chi connectivity index (χ2v) is 6.89. The minimum absolute atomic E-state index is 0.0343. The van der Waals surface area contributed by atoms with Gasteiger partial charge in [-0.1, -0.05) is 18.2 Å². The van der Waals surface area contributed by atoms with E-state index in [0.29, 0.717) is 6.54 Å². The van der Waals surface area contributed by atoms with Crippen molar-refractivity contribution < 1.29 is 9.18 Å². The summed E-state index contributed by atoms with van der Waals surface area (Å²) in [5, 5.41) is 8.93. The van der Waals surface area contributed by atoms with Gasteiger partial charge in [-0.25, -0.2) is 9.37 Å². The van der Waals surface area contributed by atoms with Crippen molar-refractivity contribution in [1.29, 1.82) is 0 Å². The molecule has 25 heavy (non-hydrogen) atoms. The highest BCUT2D eigenvalue weighted by molar-refractivity contribution is 7.14. The van der Waals surface area contributed by atoms with Crippen LogP contribution in [0.4, 0.5) is 15.2 Å². The third-order valence-electron chi connectivity index (χ3n) is 4.33. The quantitative estimate of drug-likeness (QED) is 0.720. The van der Waals surface area contributed by atoms with Crippen LogP contribution in [0.3, 0.4) is 0 Å². The van der Waals surface area contributed by atoms with E-state index in [-0.39, 0.29) is 17.6 Å². The number of nitrogens with one attached hydrogen (secondary N) is 2. The number of thiazole rings is 1. The van der Waals surface area contributed by atoms with E-state index < -0.39 is 0 Å². The zero-order valence-electron chi connectivity index (χ0n) is 13.5. The van der Waals surface area contributed by atoms with Crippen molar-refractivity contribution in [2.75, 3.05) is 10.6 Å². The summed E-state index contributed by atoms with van der Waals surface area (Å²) in [6, 6.07) is 12.3. The van der Waals surface area contributed by atoms with Crippen LogP contribution in [0.1, 0.15) is 24.0 Å². The zero-order valence-corrected chi connectivity index (χ0v) is 14.4. The number of rotatable bonds is 4. The van der Waals surface area contributed by atoms with Crippen molar-refractivity contribution in [3.8, 4) is 11.3 Å². The van der Waals surface area contributed by atoms with Crippen molar-refractivity contribution in [1.82, 2.24) is 4.98 Å². The van der Waals surface area contributed by atoms with Crippen molar-refractivity contribution in [3.05, 3.63) is 64.8 Å². The molecule has 4 nitrogen and oxygen atoms in total. The summed E-state index contributed by atoms with van der Waals surface area (Å²) in [7, 11) is 0. The van der Waals surface area contributed by atoms with Crippen LogP contribution in [-0.2, 0) is 11.3 Å². The molecule has 2 N–H and O–H groups in total. The lowest BCUT2D eigenvalue weighted by Crippen LogP contribution is -2.08. The maximum atomic E-state index is 12.9. The maximum absolute atomic E-state index is 12.9. The number of fused-ring (bicyclic) bond motifs is 1. The van der Waals surface area contributed by atoms with E-state index in [1.54, 1.807) is 12.1 Å². The van der Waals surface area contributed by atoms with E-state index in [2.05, 4.69) is 15.6 Å². The molecule has 2 heterocycles. The number of amides is 1. The second kappa shape index (κ2) is 6.29. The Bertz CT molecular complexity index is 936. The van der Waals surface area contributed by atoms with E-state index in [1.807, 2.05) is 30.5 Å². The molecule has 0 aliphatic carbocycles. The van der Waals surface area contributed by atoms with Gasteiger partial charge in [0.1, 0.15) is 5.82 Å². The highest BCUT2D eigenvalue weighted by Crippen LogP contribution is 2.36. The first kappa shape index (κ1) is 15.8. The zero-order chi connectivity index (χ0) is 17.4. The van der Waals surface area contributed by atoms with Gasteiger partial charge in [-0.2, -0.15) is 0 Å². The molecular formula is C19H16FN3OS. The van der Waals surface area contributed by atoms with Gasteiger partial charge >= 0.3 is 0 Å². The number of carbonyl (C=O) groups excluding carboxylic acids is 1. The summed E-state index contributed by atoms with van der Waals surface area (Å²) in [6.45, 7) is 2.49. The average Bonchev–Trinajstić information content (AvgIpc) is 3.20. The molecule has 1 atom stereocenters. The molecule has 1 aliphatic rings. The number of nitrogens with zero attached hydrogens (tertiary/aromatic N) is 1. The van der Waals surface area contributed by atoms with Gasteiger partial charge in [0.2, 0.25) is 5.91 Å². The fourth-order valence-corrected chi connectivity index (χ4v) is 3.56. The normalized spacial score (nSPS) is 15.8. The van der Waals surface area contributed by atoms with Gasteiger partial charge in [0, 0.05) is 23.2 Å². The second-order valence-electron chi connectivity index (χ2n) is 6.03. The molecule has 0 fully saturated rings. The van der Waals surface area contributed by atoms with Crippen molar-refractivity contribution in [2.45, 2.75) is 19.4 Å². The average molecular weight is 353 g/mol. The van der Waals surface area contributed by atoms with Crippen molar-refractivity contribution in [3.63, 3.8) is 0 Å². The molecule has 4 rings (SSSR count). The third kappa shape index (κ3) is 3.13. The molecule has 126 valence electrons. The molecule has 2 aromatic carbocycles. The Balaban J connectivity index is 1.50. The Morgan fingerprint density at radius 2 is 2.04 bits per heavy atom. The lowest BCUT2D eigenvalue weighted by Gasteiger charge is -2.04. The highest BCUT2D eigenvalue weighted by Gasteiger charge is 2.26. The Labute approximate surface area is 148 Å². The van der Waals surface area contributed by atoms with Gasteiger partial charge in [-0.05, 0) is 42.3 Å². The molecule has 0 saturated carbocycles. The van der Waals surface area contributed by atoms with Crippen LogP contribution in [0.5, 0.6) is 0 Å². The molecule has 0 spiro atoms. The summed E-state index contributed by atoms with van der Waals surface area (Å²) < 4.78 is 12.9. The predicted molar refractivity (Wildman–Crippen MR) is 98.3 cm³/mol. The van der Waals surface area contributed by atoms with Gasteiger partial charge in [-0.15, -0.1) is 11.3 Å². The summed E-state index contributed by atoms with van der Waals surface area (Å²) in [5.41, 5.74) is 4.76. The van der Waals surface area contributed by atoms with E-state index in [1.165, 1.54) is 23.5 Å². The van der Waals surface area contributed by atoms with Crippen LogP contribution >= 0.6 is 11.3 Å². The number of hydrogen-bond acceptors (Lipinski definition) is 4. The molecule has 1 amide bonds. The number of benzene rings is 2. The summed E-state index contributed by atoms with van der Waals surface area (Å²) >= 11 is 1.52. The molecule has 3 aromatic rings. The van der Waals surface area contributed by atoms with Crippen molar-refractivity contribution in [2.24, 2.45) is 0 Å². The van der Waals surface area contributed by atoms with E-state index >= 15 is 0 Å². The van der Waals surface area contributed by atoms with E-state index in [9.17, 15) is 9.18 Å². The van der Waals surface area contributed by atoms with Crippen LogP contribution < -0.4 is 10.6 Å². The topological polar surface area (TPSA) is 54.0 Å². The van der Waals surface area contributed by atoms with Crippen LogP contribution in [0.15, 0.2) is 47.8 Å². The molecule has 0 bridgehead atoms. The van der Waals surface area contributed by atoms with Crippen LogP contribution in [0, 0.1) is 5.82 Å². The van der Waals surface area contributed by atoms with Crippen LogP contribution in [0.2, 0.25) is 0 Å². The Morgan fingerprint density at radius 3 is 2.84 bits per heavy atom. The summed E-state index contributed by atoms with van der Waals surface area (Å²) in [6.07, 6.45) is 0. The van der Waals surface area contributed by atoms with E-state index in [4.69, 9.17) is 0 Å². The molecule has 0 radical (unpaired) electrons. The van der Waals surface area contributed by atoms with Crippen molar-refractivity contribution >= 4 is 28.1 Å². The minimum Gasteiger partial charge on any atom is -0.357 e. The fourth-order valence-electron chi connectivity index (χ4n) is 2.84. The summed E-state index contributed by atoms with van der Waals surface area (Å²) in [5.74, 6) is -0.337. The van der Waals surface area contributed by atoms with E-state index in [0.717, 1.165) is 33.2 Å². The molecule has 6 heteroatoms. The number of carbonyl (C=O) groups is 1. The first-order valence-electron chi connectivity index (χ1n) is 7.99. The smallest absolute Gasteiger partial charge is 0.231 e. The Hall–Kier alpha value is -2.73. The molecule has 1 aliphatic heterocycles. The first-order valence-corrected chi connectivity index (χ1v) is 8.87. The third-order valence-corrected chi connectivity index (χ3v) is 5.13. The SMILES string of the molecule is C[C@@H]1C(=O)Nc2ccc(-c3csc(NCc4ccc(F)cc4)n3)cc21.